The van der Waals surface area contributed by atoms with Crippen molar-refractivity contribution in [1.29, 1.82) is 0 Å². The van der Waals surface area contributed by atoms with Crippen LogP contribution in [-0.4, -0.2) is 19.7 Å². The van der Waals surface area contributed by atoms with Crippen molar-refractivity contribution in [1.82, 2.24) is 5.32 Å². The standard InChI is InChI=1S/C15H23NO/c1-16-11-14-9-5-6-10-15(14)17-12-13-7-3-2-4-8-13/h2-4,7-8,14-16H,5-6,9-12H2,1H3/t14?,15-/m1/s1. The van der Waals surface area contributed by atoms with Crippen LogP contribution in [0.1, 0.15) is 31.2 Å². The Morgan fingerprint density at radius 1 is 1.18 bits per heavy atom. The highest BCUT2D eigenvalue weighted by molar-refractivity contribution is 5.13. The van der Waals surface area contributed by atoms with Crippen LogP contribution in [-0.2, 0) is 11.3 Å². The minimum Gasteiger partial charge on any atom is -0.373 e. The van der Waals surface area contributed by atoms with E-state index in [9.17, 15) is 0 Å². The van der Waals surface area contributed by atoms with Crippen molar-refractivity contribution in [3.8, 4) is 0 Å². The number of nitrogens with one attached hydrogen (secondary N) is 1. The summed E-state index contributed by atoms with van der Waals surface area (Å²) in [5.41, 5.74) is 1.28. The van der Waals surface area contributed by atoms with Crippen LogP contribution < -0.4 is 5.32 Å². The summed E-state index contributed by atoms with van der Waals surface area (Å²) in [7, 11) is 2.03. The van der Waals surface area contributed by atoms with Crippen LogP contribution >= 0.6 is 0 Å². The smallest absolute Gasteiger partial charge is 0.0720 e. The Balaban J connectivity index is 1.84. The minimum atomic E-state index is 0.441. The van der Waals surface area contributed by atoms with Gasteiger partial charge in [-0.2, -0.15) is 0 Å². The molecule has 2 atom stereocenters. The van der Waals surface area contributed by atoms with Crippen molar-refractivity contribution in [3.63, 3.8) is 0 Å². The maximum Gasteiger partial charge on any atom is 0.0720 e. The molecule has 0 saturated heterocycles. The van der Waals surface area contributed by atoms with E-state index < -0.39 is 0 Å². The molecule has 94 valence electrons. The van der Waals surface area contributed by atoms with Crippen molar-refractivity contribution >= 4 is 0 Å². The van der Waals surface area contributed by atoms with E-state index >= 15 is 0 Å². The lowest BCUT2D eigenvalue weighted by Gasteiger charge is -2.31. The Morgan fingerprint density at radius 3 is 2.71 bits per heavy atom. The molecule has 0 heterocycles. The zero-order valence-electron chi connectivity index (χ0n) is 10.7. The number of hydrogen-bond acceptors (Lipinski definition) is 2. The molecule has 0 radical (unpaired) electrons. The average molecular weight is 233 g/mol. The molecule has 1 unspecified atom stereocenters. The summed E-state index contributed by atoms with van der Waals surface area (Å²) in [6.45, 7) is 1.84. The molecule has 2 rings (SSSR count). The van der Waals surface area contributed by atoms with Gasteiger partial charge in [0, 0.05) is 6.54 Å². The fourth-order valence-electron chi connectivity index (χ4n) is 2.67. The molecular formula is C15H23NO. The van der Waals surface area contributed by atoms with Crippen LogP contribution in [0.25, 0.3) is 0 Å². The average Bonchev–Trinajstić information content (AvgIpc) is 2.39. The largest absolute Gasteiger partial charge is 0.373 e. The van der Waals surface area contributed by atoms with Gasteiger partial charge in [-0.05, 0) is 31.4 Å². The van der Waals surface area contributed by atoms with Gasteiger partial charge in [0.2, 0.25) is 0 Å². The molecule has 1 aromatic rings. The van der Waals surface area contributed by atoms with Gasteiger partial charge >= 0.3 is 0 Å². The number of benzene rings is 1. The predicted molar refractivity (Wildman–Crippen MR) is 70.9 cm³/mol. The molecule has 0 aromatic heterocycles. The second kappa shape index (κ2) is 6.77. The maximum atomic E-state index is 6.09. The second-order valence-electron chi connectivity index (χ2n) is 4.94. The van der Waals surface area contributed by atoms with Gasteiger partial charge in [-0.25, -0.2) is 0 Å². The van der Waals surface area contributed by atoms with Gasteiger partial charge in [-0.15, -0.1) is 0 Å². The summed E-state index contributed by atoms with van der Waals surface area (Å²) in [6.07, 6.45) is 5.65. The SMILES string of the molecule is CNCC1CCCC[C@H]1OCc1ccccc1. The van der Waals surface area contributed by atoms with E-state index in [1.807, 2.05) is 13.1 Å². The molecule has 17 heavy (non-hydrogen) atoms. The Bertz CT molecular complexity index is 310. The first-order chi connectivity index (χ1) is 8.40. The quantitative estimate of drug-likeness (QED) is 0.844. The van der Waals surface area contributed by atoms with Gasteiger partial charge in [0.25, 0.3) is 0 Å². The van der Waals surface area contributed by atoms with E-state index in [0.29, 0.717) is 12.0 Å². The molecule has 1 fully saturated rings. The third-order valence-corrected chi connectivity index (χ3v) is 3.61. The molecule has 0 spiro atoms. The Morgan fingerprint density at radius 2 is 1.94 bits per heavy atom. The highest BCUT2D eigenvalue weighted by Gasteiger charge is 2.24. The monoisotopic (exact) mass is 233 g/mol. The van der Waals surface area contributed by atoms with Crippen LogP contribution in [0.3, 0.4) is 0 Å². The topological polar surface area (TPSA) is 21.3 Å². The molecule has 1 aliphatic carbocycles. The van der Waals surface area contributed by atoms with Crippen LogP contribution in [0.15, 0.2) is 30.3 Å². The van der Waals surface area contributed by atoms with Gasteiger partial charge < -0.3 is 10.1 Å². The first kappa shape index (κ1) is 12.6. The van der Waals surface area contributed by atoms with Crippen molar-refractivity contribution in [3.05, 3.63) is 35.9 Å². The van der Waals surface area contributed by atoms with Gasteiger partial charge in [0.1, 0.15) is 0 Å². The molecule has 0 aliphatic heterocycles. The first-order valence-corrected chi connectivity index (χ1v) is 6.70. The van der Waals surface area contributed by atoms with E-state index in [0.717, 1.165) is 13.2 Å². The summed E-state index contributed by atoms with van der Waals surface area (Å²) in [6, 6.07) is 10.5. The summed E-state index contributed by atoms with van der Waals surface area (Å²) >= 11 is 0. The summed E-state index contributed by atoms with van der Waals surface area (Å²) in [4.78, 5) is 0. The fraction of sp³-hybridized carbons (Fsp3) is 0.600. The van der Waals surface area contributed by atoms with Crippen molar-refractivity contribution in [2.24, 2.45) is 5.92 Å². The van der Waals surface area contributed by atoms with Crippen molar-refractivity contribution in [2.45, 2.75) is 38.4 Å². The molecule has 2 heteroatoms. The molecular weight excluding hydrogens is 210 g/mol. The molecule has 1 aliphatic rings. The molecule has 0 amide bonds. The van der Waals surface area contributed by atoms with Crippen LogP contribution in [0.4, 0.5) is 0 Å². The molecule has 1 N–H and O–H groups in total. The van der Waals surface area contributed by atoms with Crippen LogP contribution in [0, 0.1) is 5.92 Å². The van der Waals surface area contributed by atoms with E-state index in [4.69, 9.17) is 4.74 Å². The zero-order valence-corrected chi connectivity index (χ0v) is 10.7. The maximum absolute atomic E-state index is 6.09. The highest BCUT2D eigenvalue weighted by atomic mass is 16.5. The Hall–Kier alpha value is -0.860. The van der Waals surface area contributed by atoms with Crippen LogP contribution in [0.5, 0.6) is 0 Å². The lowest BCUT2D eigenvalue weighted by atomic mass is 9.86. The third kappa shape index (κ3) is 3.83. The molecule has 0 bridgehead atoms. The van der Waals surface area contributed by atoms with Gasteiger partial charge in [0.15, 0.2) is 0 Å². The number of hydrogen-bond donors (Lipinski definition) is 1. The fourth-order valence-corrected chi connectivity index (χ4v) is 2.67. The van der Waals surface area contributed by atoms with Crippen molar-refractivity contribution < 1.29 is 4.74 Å². The first-order valence-electron chi connectivity index (χ1n) is 6.70. The highest BCUT2D eigenvalue weighted by Crippen LogP contribution is 2.27. The second-order valence-corrected chi connectivity index (χ2v) is 4.94. The number of ether oxygens (including phenoxy) is 1. The van der Waals surface area contributed by atoms with Crippen LogP contribution in [0.2, 0.25) is 0 Å². The molecule has 2 nitrogen and oxygen atoms in total. The Kier molecular flexibility index (Phi) is 5.02. The van der Waals surface area contributed by atoms with Gasteiger partial charge in [0.05, 0.1) is 12.7 Å². The summed E-state index contributed by atoms with van der Waals surface area (Å²) in [5.74, 6) is 0.692. The van der Waals surface area contributed by atoms with E-state index in [-0.39, 0.29) is 0 Å². The van der Waals surface area contributed by atoms with Gasteiger partial charge in [-0.3, -0.25) is 0 Å². The Labute approximate surface area is 104 Å². The van der Waals surface area contributed by atoms with E-state index in [1.165, 1.54) is 31.2 Å². The number of rotatable bonds is 5. The normalized spacial score (nSPS) is 24.8. The lowest BCUT2D eigenvalue weighted by molar-refractivity contribution is -0.0201. The molecule has 1 saturated carbocycles. The zero-order chi connectivity index (χ0) is 11.9. The summed E-state index contributed by atoms with van der Waals surface area (Å²) < 4.78 is 6.09. The van der Waals surface area contributed by atoms with Crippen molar-refractivity contribution in [2.75, 3.05) is 13.6 Å². The van der Waals surface area contributed by atoms with E-state index in [2.05, 4.69) is 29.6 Å². The molecule has 1 aromatic carbocycles. The summed E-state index contributed by atoms with van der Waals surface area (Å²) in [5, 5.41) is 3.29. The van der Waals surface area contributed by atoms with Gasteiger partial charge in [-0.1, -0.05) is 43.2 Å². The minimum absolute atomic E-state index is 0.441. The third-order valence-electron chi connectivity index (χ3n) is 3.61. The predicted octanol–water partition coefficient (Wildman–Crippen LogP) is 2.98. The lowest BCUT2D eigenvalue weighted by Crippen LogP contribution is -2.34. The van der Waals surface area contributed by atoms with E-state index in [1.54, 1.807) is 0 Å².